The van der Waals surface area contributed by atoms with Gasteiger partial charge in [-0.15, -0.1) is 13.2 Å². The van der Waals surface area contributed by atoms with E-state index in [0.717, 1.165) is 12.1 Å². The number of nitro groups is 1. The number of ether oxygens (including phenoxy) is 1. The van der Waals surface area contributed by atoms with Gasteiger partial charge in [0, 0.05) is 29.9 Å². The molecule has 0 saturated heterocycles. The number of hydrogen-bond acceptors (Lipinski definition) is 8. The number of thiocarbonyl (C=S) groups is 1. The number of benzene rings is 2. The topological polar surface area (TPSA) is 135 Å². The number of nitrogens with zero attached hydrogens (tertiary/aromatic N) is 1. The molecule has 0 aliphatic rings. The molecule has 34 heavy (non-hydrogen) atoms. The van der Waals surface area contributed by atoms with E-state index < -0.39 is 40.5 Å². The molecule has 0 aliphatic heterocycles. The van der Waals surface area contributed by atoms with Crippen LogP contribution in [-0.4, -0.2) is 33.5 Å². The van der Waals surface area contributed by atoms with Gasteiger partial charge in [0.2, 0.25) is 5.91 Å². The van der Waals surface area contributed by atoms with Gasteiger partial charge in [0.05, 0.1) is 16.7 Å². The van der Waals surface area contributed by atoms with Crippen molar-refractivity contribution in [3.8, 4) is 5.75 Å². The standard InChI is InChI=1S/C19H18F3N5O5S2/c20-19(21,22)32-15-7-3-11(4-8-15)23-17(33)10-14(28)9-16(29)25-26-18(34)24-12-1-5-13(6-2-12)27(30)31/h1-8,17,23,33H,9-10H2,(H,25,29)(H2,24,26,34). The van der Waals surface area contributed by atoms with Gasteiger partial charge in [-0.2, -0.15) is 12.6 Å². The maximum Gasteiger partial charge on any atom is 0.573 e. The van der Waals surface area contributed by atoms with Crippen LogP contribution in [0.2, 0.25) is 0 Å². The van der Waals surface area contributed by atoms with Crippen LogP contribution in [0.3, 0.4) is 0 Å². The Morgan fingerprint density at radius 3 is 2.21 bits per heavy atom. The van der Waals surface area contributed by atoms with E-state index in [0.29, 0.717) is 11.4 Å². The first-order chi connectivity index (χ1) is 15.9. The second kappa shape index (κ2) is 12.0. The molecule has 0 radical (unpaired) electrons. The molecule has 15 heteroatoms. The van der Waals surface area contributed by atoms with E-state index in [1.54, 1.807) is 0 Å². The van der Waals surface area contributed by atoms with Crippen LogP contribution >= 0.6 is 24.8 Å². The number of rotatable bonds is 9. The zero-order valence-corrected chi connectivity index (χ0v) is 18.8. The van der Waals surface area contributed by atoms with Crippen molar-refractivity contribution in [2.45, 2.75) is 24.6 Å². The molecule has 1 unspecified atom stereocenters. The lowest BCUT2D eigenvalue weighted by Gasteiger charge is -2.15. The van der Waals surface area contributed by atoms with Gasteiger partial charge in [-0.25, -0.2) is 0 Å². The number of ketones is 1. The van der Waals surface area contributed by atoms with E-state index >= 15 is 0 Å². The highest BCUT2D eigenvalue weighted by Crippen LogP contribution is 2.24. The number of carbonyl (C=O) groups excluding carboxylic acids is 2. The zero-order chi connectivity index (χ0) is 25.3. The molecule has 10 nitrogen and oxygen atoms in total. The van der Waals surface area contributed by atoms with E-state index in [1.807, 2.05) is 0 Å². The Labute approximate surface area is 201 Å². The summed E-state index contributed by atoms with van der Waals surface area (Å²) in [4.78, 5) is 34.1. The van der Waals surface area contributed by atoms with Crippen molar-refractivity contribution in [3.63, 3.8) is 0 Å². The molecule has 0 heterocycles. The molecule has 0 fully saturated rings. The van der Waals surface area contributed by atoms with Gasteiger partial charge in [-0.3, -0.25) is 30.6 Å². The normalized spacial score (nSPS) is 11.6. The van der Waals surface area contributed by atoms with Gasteiger partial charge in [0.25, 0.3) is 5.69 Å². The highest BCUT2D eigenvalue weighted by atomic mass is 32.1. The van der Waals surface area contributed by atoms with Gasteiger partial charge in [-0.05, 0) is 48.6 Å². The lowest BCUT2D eigenvalue weighted by Crippen LogP contribution is -2.44. The first-order valence-corrected chi connectivity index (χ1v) is 10.3. The molecule has 0 spiro atoms. The van der Waals surface area contributed by atoms with Crippen molar-refractivity contribution in [3.05, 3.63) is 58.6 Å². The SMILES string of the molecule is O=C(CC(=O)NNC(=S)Nc1ccc([N+](=O)[O-])cc1)CC(S)Nc1ccc(OC(F)(F)F)cc1. The Morgan fingerprint density at radius 1 is 1.06 bits per heavy atom. The lowest BCUT2D eigenvalue weighted by atomic mass is 10.2. The molecule has 4 N–H and O–H groups in total. The molecule has 0 aliphatic carbocycles. The molecule has 1 amide bonds. The van der Waals surface area contributed by atoms with E-state index in [1.165, 1.54) is 36.4 Å². The third-order valence-electron chi connectivity index (χ3n) is 3.85. The summed E-state index contributed by atoms with van der Waals surface area (Å²) >= 11 is 9.18. The molecular weight excluding hydrogens is 499 g/mol. The molecule has 2 aromatic carbocycles. The predicted octanol–water partition coefficient (Wildman–Crippen LogP) is 3.53. The largest absolute Gasteiger partial charge is 0.573 e. The van der Waals surface area contributed by atoms with Crippen LogP contribution in [0.5, 0.6) is 5.75 Å². The average molecular weight is 518 g/mol. The Balaban J connectivity index is 1.71. The minimum Gasteiger partial charge on any atom is -0.406 e. The van der Waals surface area contributed by atoms with E-state index in [-0.39, 0.29) is 17.2 Å². The van der Waals surface area contributed by atoms with Crippen LogP contribution < -0.4 is 26.2 Å². The second-order valence-corrected chi connectivity index (χ2v) is 7.61. The summed E-state index contributed by atoms with van der Waals surface area (Å²) in [5.74, 6) is -1.53. The second-order valence-electron chi connectivity index (χ2n) is 6.58. The minimum absolute atomic E-state index is 0.0126. The number of thiol groups is 1. The molecule has 0 bridgehead atoms. The number of halogens is 3. The Morgan fingerprint density at radius 2 is 1.65 bits per heavy atom. The van der Waals surface area contributed by atoms with Crippen LogP contribution in [-0.2, 0) is 9.59 Å². The first-order valence-electron chi connectivity index (χ1n) is 9.33. The molecule has 1 atom stereocenters. The van der Waals surface area contributed by atoms with Crippen LogP contribution in [0, 0.1) is 10.1 Å². The van der Waals surface area contributed by atoms with Crippen molar-refractivity contribution in [1.29, 1.82) is 0 Å². The fourth-order valence-corrected chi connectivity index (χ4v) is 2.98. The Kier molecular flexibility index (Phi) is 9.44. The first kappa shape index (κ1) is 26.7. The van der Waals surface area contributed by atoms with Gasteiger partial charge in [-0.1, -0.05) is 0 Å². The monoisotopic (exact) mass is 517 g/mol. The van der Waals surface area contributed by atoms with Gasteiger partial charge in [0.15, 0.2) is 5.11 Å². The highest BCUT2D eigenvalue weighted by molar-refractivity contribution is 7.81. The molecular formula is C19H18F3N5O5S2. The fraction of sp³-hybridized carbons (Fsp3) is 0.211. The molecule has 0 saturated carbocycles. The Bertz CT molecular complexity index is 1040. The van der Waals surface area contributed by atoms with Gasteiger partial charge in [0.1, 0.15) is 11.5 Å². The summed E-state index contributed by atoms with van der Waals surface area (Å²) in [6, 6.07) is 10.2. The molecule has 2 rings (SSSR count). The number of hydrogen-bond donors (Lipinski definition) is 5. The number of alkyl halides is 3. The Hall–Kier alpha value is -3.59. The van der Waals surface area contributed by atoms with Crippen molar-refractivity contribution < 1.29 is 32.4 Å². The minimum atomic E-state index is -4.80. The maximum atomic E-state index is 12.2. The van der Waals surface area contributed by atoms with Crippen LogP contribution in [0.1, 0.15) is 12.8 Å². The van der Waals surface area contributed by atoms with Crippen molar-refractivity contribution >= 4 is 58.7 Å². The fourth-order valence-electron chi connectivity index (χ4n) is 2.46. The van der Waals surface area contributed by atoms with Gasteiger partial charge < -0.3 is 15.4 Å². The number of Topliss-reactive ketones (excluding diaryl/α,β-unsaturated/α-hetero) is 1. The predicted molar refractivity (Wildman–Crippen MR) is 124 cm³/mol. The van der Waals surface area contributed by atoms with Crippen molar-refractivity contribution in [1.82, 2.24) is 10.9 Å². The number of carbonyl (C=O) groups is 2. The number of nitrogens with one attached hydrogen (secondary N) is 4. The molecule has 182 valence electrons. The maximum absolute atomic E-state index is 12.2. The van der Waals surface area contributed by atoms with Gasteiger partial charge >= 0.3 is 6.36 Å². The third-order valence-corrected chi connectivity index (χ3v) is 4.37. The van der Waals surface area contributed by atoms with Crippen LogP contribution in [0.15, 0.2) is 48.5 Å². The van der Waals surface area contributed by atoms with Crippen LogP contribution in [0.25, 0.3) is 0 Å². The summed E-state index contributed by atoms with van der Waals surface area (Å²) in [5, 5.41) is 15.4. The van der Waals surface area contributed by atoms with E-state index in [9.17, 15) is 32.9 Å². The number of nitro benzene ring substituents is 1. The molecule has 0 aromatic heterocycles. The smallest absolute Gasteiger partial charge is 0.406 e. The molecule has 2 aromatic rings. The lowest BCUT2D eigenvalue weighted by molar-refractivity contribution is -0.384. The quantitative estimate of drug-likeness (QED) is 0.0846. The summed E-state index contributed by atoms with van der Waals surface area (Å²) < 4.78 is 40.3. The highest BCUT2D eigenvalue weighted by Gasteiger charge is 2.31. The number of anilines is 2. The number of non-ortho nitro benzene ring substituents is 1. The zero-order valence-electron chi connectivity index (χ0n) is 17.1. The summed E-state index contributed by atoms with van der Waals surface area (Å²) in [6.07, 6.45) is -5.43. The van der Waals surface area contributed by atoms with E-state index in [2.05, 4.69) is 38.9 Å². The van der Waals surface area contributed by atoms with Crippen molar-refractivity contribution in [2.24, 2.45) is 0 Å². The number of amides is 1. The van der Waals surface area contributed by atoms with E-state index in [4.69, 9.17) is 12.2 Å². The third kappa shape index (κ3) is 9.91. The number of hydrazine groups is 1. The average Bonchev–Trinajstić information content (AvgIpc) is 2.73. The van der Waals surface area contributed by atoms with Crippen LogP contribution in [0.4, 0.5) is 30.2 Å². The summed E-state index contributed by atoms with van der Waals surface area (Å²) in [7, 11) is 0. The van der Waals surface area contributed by atoms with Crippen molar-refractivity contribution in [2.75, 3.05) is 10.6 Å². The summed E-state index contributed by atoms with van der Waals surface area (Å²) in [6.45, 7) is 0. The summed E-state index contributed by atoms with van der Waals surface area (Å²) in [5.41, 5.74) is 5.38.